The van der Waals surface area contributed by atoms with Gasteiger partial charge in [0.2, 0.25) is 5.88 Å². The summed E-state index contributed by atoms with van der Waals surface area (Å²) in [5.41, 5.74) is 6.71. The standard InChI is InChI=1S/C29H28ClNO5/c1-15(2)19-8-7-16(3)23-21(14-19)17(4)13-22(23)31-27-25(29(33)35-6)24(28(32)34-5)26(36-27)18-9-11-20(30)12-10-18/h7-15,31H,1-6H3. The van der Waals surface area contributed by atoms with Gasteiger partial charge < -0.3 is 19.2 Å². The average Bonchev–Trinajstić information content (AvgIpc) is 3.31. The average molecular weight is 506 g/mol. The molecule has 6 nitrogen and oxygen atoms in total. The number of benzene rings is 1. The summed E-state index contributed by atoms with van der Waals surface area (Å²) in [6.45, 7) is 8.40. The van der Waals surface area contributed by atoms with Crippen LogP contribution in [0.15, 0.2) is 52.9 Å². The van der Waals surface area contributed by atoms with Gasteiger partial charge in [0, 0.05) is 21.8 Å². The van der Waals surface area contributed by atoms with Crippen molar-refractivity contribution in [2.75, 3.05) is 19.5 Å². The summed E-state index contributed by atoms with van der Waals surface area (Å²) in [5, 5.41) is 3.80. The van der Waals surface area contributed by atoms with E-state index in [4.69, 9.17) is 25.5 Å². The van der Waals surface area contributed by atoms with Crippen molar-refractivity contribution in [1.29, 1.82) is 0 Å². The second-order valence-electron chi connectivity index (χ2n) is 8.97. The Labute approximate surface area is 215 Å². The number of aryl methyl sites for hydroxylation is 2. The van der Waals surface area contributed by atoms with E-state index in [0.717, 1.165) is 27.9 Å². The molecule has 2 aliphatic carbocycles. The minimum absolute atomic E-state index is 0.0221. The molecule has 0 fully saturated rings. The fraction of sp³-hybridized carbons (Fsp3) is 0.241. The molecule has 186 valence electrons. The summed E-state index contributed by atoms with van der Waals surface area (Å²) in [4.78, 5) is 25.8. The molecule has 7 heteroatoms. The number of ether oxygens (including phenoxy) is 2. The van der Waals surface area contributed by atoms with E-state index in [9.17, 15) is 9.59 Å². The zero-order valence-electron chi connectivity index (χ0n) is 21.1. The summed E-state index contributed by atoms with van der Waals surface area (Å²) in [6.07, 6.45) is 0. The number of carbonyl (C=O) groups excluding carboxylic acids is 2. The first-order valence-corrected chi connectivity index (χ1v) is 11.9. The number of anilines is 2. The zero-order chi connectivity index (χ0) is 26.1. The number of fused-ring (bicyclic) bond motifs is 1. The highest BCUT2D eigenvalue weighted by atomic mass is 35.5. The largest absolute Gasteiger partial charge is 0.465 e. The van der Waals surface area contributed by atoms with Crippen LogP contribution in [-0.4, -0.2) is 26.2 Å². The Morgan fingerprint density at radius 2 is 1.53 bits per heavy atom. The predicted molar refractivity (Wildman–Crippen MR) is 142 cm³/mol. The first-order chi connectivity index (χ1) is 17.2. The number of nitrogens with one attached hydrogen (secondary N) is 1. The highest BCUT2D eigenvalue weighted by Crippen LogP contribution is 2.43. The lowest BCUT2D eigenvalue weighted by atomic mass is 10.0. The molecule has 1 aromatic carbocycles. The highest BCUT2D eigenvalue weighted by molar-refractivity contribution is 6.30. The summed E-state index contributed by atoms with van der Waals surface area (Å²) in [6, 6.07) is 15.2. The maximum Gasteiger partial charge on any atom is 0.344 e. The molecule has 0 amide bonds. The van der Waals surface area contributed by atoms with Crippen LogP contribution in [0.4, 0.5) is 11.6 Å². The molecule has 1 N–H and O–H groups in total. The van der Waals surface area contributed by atoms with Gasteiger partial charge in [0.05, 0.1) is 14.2 Å². The number of methoxy groups -OCH3 is 2. The molecule has 2 aliphatic rings. The molecule has 0 saturated heterocycles. The fourth-order valence-electron chi connectivity index (χ4n) is 4.34. The molecule has 0 spiro atoms. The van der Waals surface area contributed by atoms with Crippen LogP contribution in [0.2, 0.25) is 5.02 Å². The Morgan fingerprint density at radius 3 is 2.14 bits per heavy atom. The molecule has 0 atom stereocenters. The molecule has 0 bridgehead atoms. The SMILES string of the molecule is COC(=O)c1c(Nc2cc(C)c3cc(C(C)C)ccc(C)c2-3)oc(-c2ccc(Cl)cc2)c1C(=O)OC. The number of hydrogen-bond donors (Lipinski definition) is 1. The third-order valence-corrected chi connectivity index (χ3v) is 6.52. The van der Waals surface area contributed by atoms with Crippen molar-refractivity contribution in [3.8, 4) is 22.5 Å². The minimum atomic E-state index is -0.723. The van der Waals surface area contributed by atoms with E-state index >= 15 is 0 Å². The Balaban J connectivity index is 1.93. The summed E-state index contributed by atoms with van der Waals surface area (Å²) in [7, 11) is 2.50. The van der Waals surface area contributed by atoms with E-state index in [2.05, 4.69) is 37.4 Å². The Morgan fingerprint density at radius 1 is 0.889 bits per heavy atom. The summed E-state index contributed by atoms with van der Waals surface area (Å²) < 4.78 is 16.2. The lowest BCUT2D eigenvalue weighted by Gasteiger charge is -2.08. The highest BCUT2D eigenvalue weighted by Gasteiger charge is 2.33. The summed E-state index contributed by atoms with van der Waals surface area (Å²) in [5.74, 6) is -0.803. The predicted octanol–water partition coefficient (Wildman–Crippen LogP) is 7.76. The quantitative estimate of drug-likeness (QED) is 0.270. The lowest BCUT2D eigenvalue weighted by Crippen LogP contribution is -2.12. The van der Waals surface area contributed by atoms with Crippen molar-refractivity contribution < 1.29 is 23.5 Å². The van der Waals surface area contributed by atoms with E-state index in [1.807, 2.05) is 19.9 Å². The molecule has 1 heterocycles. The van der Waals surface area contributed by atoms with Gasteiger partial charge in [-0.2, -0.15) is 0 Å². The Kier molecular flexibility index (Phi) is 7.09. The van der Waals surface area contributed by atoms with Gasteiger partial charge in [-0.15, -0.1) is 0 Å². The molecule has 1 aromatic heterocycles. The first kappa shape index (κ1) is 25.3. The van der Waals surface area contributed by atoms with Crippen LogP contribution in [0.25, 0.3) is 22.5 Å². The molecule has 2 aromatic rings. The van der Waals surface area contributed by atoms with Crippen LogP contribution in [0.5, 0.6) is 0 Å². The second-order valence-corrected chi connectivity index (χ2v) is 9.41. The Bertz CT molecular complexity index is 1420. The van der Waals surface area contributed by atoms with Gasteiger partial charge in [-0.3, -0.25) is 0 Å². The number of hydrogen-bond acceptors (Lipinski definition) is 6. The normalized spacial score (nSPS) is 11.1. The van der Waals surface area contributed by atoms with Crippen LogP contribution in [0, 0.1) is 13.8 Å². The number of furan rings is 1. The molecular formula is C29H28ClNO5. The maximum absolute atomic E-state index is 12.9. The van der Waals surface area contributed by atoms with Crippen LogP contribution in [0.1, 0.15) is 57.2 Å². The van der Waals surface area contributed by atoms with Crippen molar-refractivity contribution in [3.05, 3.63) is 81.4 Å². The molecule has 0 unspecified atom stereocenters. The third-order valence-electron chi connectivity index (χ3n) is 6.26. The number of rotatable bonds is 6. The van der Waals surface area contributed by atoms with E-state index in [0.29, 0.717) is 16.5 Å². The van der Waals surface area contributed by atoms with Gasteiger partial charge in [0.15, 0.2) is 5.76 Å². The number of halogens is 1. The van der Waals surface area contributed by atoms with E-state index < -0.39 is 11.9 Å². The van der Waals surface area contributed by atoms with Gasteiger partial charge in [0.25, 0.3) is 0 Å². The minimum Gasteiger partial charge on any atom is -0.465 e. The molecule has 36 heavy (non-hydrogen) atoms. The topological polar surface area (TPSA) is 77.8 Å². The van der Waals surface area contributed by atoms with Gasteiger partial charge in [-0.25, -0.2) is 9.59 Å². The molecule has 0 aliphatic heterocycles. The molecule has 0 radical (unpaired) electrons. The van der Waals surface area contributed by atoms with Gasteiger partial charge in [-0.05, 0) is 72.4 Å². The molecule has 4 rings (SSSR count). The van der Waals surface area contributed by atoms with Gasteiger partial charge in [-0.1, -0.05) is 43.6 Å². The number of esters is 2. The summed E-state index contributed by atoms with van der Waals surface area (Å²) >= 11 is 6.05. The van der Waals surface area contributed by atoms with Crippen molar-refractivity contribution in [3.63, 3.8) is 0 Å². The van der Waals surface area contributed by atoms with Crippen molar-refractivity contribution in [2.24, 2.45) is 0 Å². The molecule has 0 saturated carbocycles. The van der Waals surface area contributed by atoms with Crippen LogP contribution in [-0.2, 0) is 9.47 Å². The van der Waals surface area contributed by atoms with Crippen molar-refractivity contribution >= 4 is 35.1 Å². The van der Waals surface area contributed by atoms with Crippen LogP contribution >= 0.6 is 11.6 Å². The third kappa shape index (κ3) is 4.56. The van der Waals surface area contributed by atoms with E-state index in [1.165, 1.54) is 19.8 Å². The van der Waals surface area contributed by atoms with Crippen molar-refractivity contribution in [2.45, 2.75) is 33.6 Å². The van der Waals surface area contributed by atoms with E-state index in [-0.39, 0.29) is 22.8 Å². The number of carbonyl (C=O) groups is 2. The monoisotopic (exact) mass is 505 g/mol. The van der Waals surface area contributed by atoms with E-state index in [1.54, 1.807) is 24.3 Å². The van der Waals surface area contributed by atoms with Gasteiger partial charge >= 0.3 is 11.9 Å². The lowest BCUT2D eigenvalue weighted by molar-refractivity contribution is 0.0558. The maximum atomic E-state index is 12.9. The first-order valence-electron chi connectivity index (χ1n) is 11.6. The second kappa shape index (κ2) is 10.1. The fourth-order valence-corrected chi connectivity index (χ4v) is 4.46. The zero-order valence-corrected chi connectivity index (χ0v) is 21.9. The molecular weight excluding hydrogens is 478 g/mol. The van der Waals surface area contributed by atoms with Crippen LogP contribution < -0.4 is 5.32 Å². The van der Waals surface area contributed by atoms with Crippen molar-refractivity contribution in [1.82, 2.24) is 0 Å². The smallest absolute Gasteiger partial charge is 0.344 e. The van der Waals surface area contributed by atoms with Gasteiger partial charge in [0.1, 0.15) is 11.1 Å². The Hall–Kier alpha value is -3.77. The van der Waals surface area contributed by atoms with Crippen LogP contribution in [0.3, 0.4) is 0 Å².